The van der Waals surface area contributed by atoms with Gasteiger partial charge in [-0.1, -0.05) is 54.1 Å². The summed E-state index contributed by atoms with van der Waals surface area (Å²) in [7, 11) is -2.47. The Morgan fingerprint density at radius 3 is 2.22 bits per heavy atom. The third-order valence-corrected chi connectivity index (χ3v) is 8.63. The summed E-state index contributed by atoms with van der Waals surface area (Å²) < 4.78 is 33.3. The first kappa shape index (κ1) is 26.6. The minimum atomic E-state index is -4.01. The highest BCUT2D eigenvalue weighted by Gasteiger charge is 2.27. The van der Waals surface area contributed by atoms with Crippen molar-refractivity contribution in [1.82, 2.24) is 0 Å². The number of para-hydroxylation sites is 1. The van der Waals surface area contributed by atoms with Crippen LogP contribution in [0, 0.1) is 0 Å². The van der Waals surface area contributed by atoms with Crippen LogP contribution >= 0.6 is 23.4 Å². The van der Waals surface area contributed by atoms with E-state index in [1.54, 1.807) is 60.3 Å². The first-order valence-corrected chi connectivity index (χ1v) is 14.1. The molecule has 4 rings (SSSR count). The molecule has 1 amide bonds. The molecule has 0 atom stereocenters. The Kier molecular flexibility index (Phi) is 8.76. The normalized spacial score (nSPS) is 11.1. The van der Waals surface area contributed by atoms with Gasteiger partial charge in [0.15, 0.2) is 0 Å². The van der Waals surface area contributed by atoms with Crippen molar-refractivity contribution in [1.29, 1.82) is 0 Å². The average molecular weight is 553 g/mol. The maximum Gasteiger partial charge on any atom is 0.264 e. The molecule has 4 aromatic rings. The van der Waals surface area contributed by atoms with Crippen LogP contribution in [0.4, 0.5) is 11.4 Å². The van der Waals surface area contributed by atoms with Gasteiger partial charge in [-0.15, -0.1) is 11.8 Å². The van der Waals surface area contributed by atoms with Gasteiger partial charge in [0.2, 0.25) is 5.91 Å². The van der Waals surface area contributed by atoms with Crippen molar-refractivity contribution >= 4 is 50.7 Å². The summed E-state index contributed by atoms with van der Waals surface area (Å²) in [6, 6.07) is 29.6. The lowest BCUT2D eigenvalue weighted by Crippen LogP contribution is -2.38. The van der Waals surface area contributed by atoms with E-state index in [-0.39, 0.29) is 4.90 Å². The molecule has 1 N–H and O–H groups in total. The fourth-order valence-corrected chi connectivity index (χ4v) is 6.07. The number of thioether (sulfide) groups is 1. The molecule has 0 heterocycles. The number of anilines is 2. The molecule has 0 unspecified atom stereocenters. The number of sulfonamides is 1. The van der Waals surface area contributed by atoms with E-state index in [4.69, 9.17) is 16.3 Å². The SMILES string of the molecule is COc1ccc(N(CC(=O)Nc2ccccc2SCc2ccc(Cl)cc2)S(=O)(=O)c2ccccc2)cc1. The number of carbonyl (C=O) groups is 1. The molecule has 37 heavy (non-hydrogen) atoms. The lowest BCUT2D eigenvalue weighted by Gasteiger charge is -2.24. The van der Waals surface area contributed by atoms with E-state index in [0.29, 0.717) is 27.9 Å². The number of ether oxygens (including phenoxy) is 1. The molecule has 4 aromatic carbocycles. The number of hydrogen-bond acceptors (Lipinski definition) is 5. The van der Waals surface area contributed by atoms with Gasteiger partial charge >= 0.3 is 0 Å². The predicted molar refractivity (Wildman–Crippen MR) is 150 cm³/mol. The van der Waals surface area contributed by atoms with Gasteiger partial charge in [0.1, 0.15) is 12.3 Å². The quantitative estimate of drug-likeness (QED) is 0.228. The van der Waals surface area contributed by atoms with Gasteiger partial charge < -0.3 is 10.1 Å². The van der Waals surface area contributed by atoms with Gasteiger partial charge in [-0.2, -0.15) is 0 Å². The van der Waals surface area contributed by atoms with E-state index >= 15 is 0 Å². The standard InChI is InChI=1S/C28H25ClN2O4S2/c1-35-24-17-15-23(16-18-24)31(37(33,34)25-7-3-2-4-8-25)19-28(32)30-26-9-5-6-10-27(26)36-20-21-11-13-22(29)14-12-21/h2-18H,19-20H2,1H3,(H,30,32). The molecular weight excluding hydrogens is 528 g/mol. The van der Waals surface area contributed by atoms with Crippen LogP contribution in [-0.2, 0) is 20.6 Å². The maximum atomic E-state index is 13.5. The second-order valence-corrected chi connectivity index (χ2v) is 11.3. The number of halogens is 1. The molecule has 0 fully saturated rings. The van der Waals surface area contributed by atoms with Gasteiger partial charge in [0.25, 0.3) is 10.0 Å². The second kappa shape index (κ2) is 12.2. The number of nitrogens with one attached hydrogen (secondary N) is 1. The fraction of sp³-hybridized carbons (Fsp3) is 0.107. The summed E-state index contributed by atoms with van der Waals surface area (Å²) in [5.74, 6) is 0.802. The van der Waals surface area contributed by atoms with Gasteiger partial charge in [0, 0.05) is 15.7 Å². The number of amides is 1. The Morgan fingerprint density at radius 2 is 1.54 bits per heavy atom. The number of hydrogen-bond donors (Lipinski definition) is 1. The minimum absolute atomic E-state index is 0.0949. The zero-order valence-electron chi connectivity index (χ0n) is 20.0. The fourth-order valence-electron chi connectivity index (χ4n) is 3.54. The van der Waals surface area contributed by atoms with Crippen molar-refractivity contribution in [2.75, 3.05) is 23.3 Å². The van der Waals surface area contributed by atoms with Gasteiger partial charge in [-0.05, 0) is 66.2 Å². The monoisotopic (exact) mass is 552 g/mol. The van der Waals surface area contributed by atoms with Crippen LogP contribution in [0.1, 0.15) is 5.56 Å². The molecule has 0 radical (unpaired) electrons. The molecule has 0 aliphatic rings. The molecule has 0 aromatic heterocycles. The first-order chi connectivity index (χ1) is 17.9. The van der Waals surface area contributed by atoms with Crippen molar-refractivity contribution in [3.63, 3.8) is 0 Å². The average Bonchev–Trinajstić information content (AvgIpc) is 2.92. The van der Waals surface area contributed by atoms with Crippen LogP contribution in [0.2, 0.25) is 5.02 Å². The van der Waals surface area contributed by atoms with E-state index in [1.807, 2.05) is 42.5 Å². The molecule has 0 spiro atoms. The third kappa shape index (κ3) is 6.85. The minimum Gasteiger partial charge on any atom is -0.497 e. The lowest BCUT2D eigenvalue weighted by atomic mass is 10.2. The predicted octanol–water partition coefficient (Wildman–Crippen LogP) is 6.47. The largest absolute Gasteiger partial charge is 0.497 e. The van der Waals surface area contributed by atoms with Gasteiger partial charge in [-0.25, -0.2) is 8.42 Å². The zero-order valence-corrected chi connectivity index (χ0v) is 22.4. The Labute approximate surface area is 226 Å². The highest BCUT2D eigenvalue weighted by atomic mass is 35.5. The number of benzene rings is 4. The molecule has 0 saturated heterocycles. The second-order valence-electron chi connectivity index (χ2n) is 7.98. The van der Waals surface area contributed by atoms with Crippen molar-refractivity contribution in [2.24, 2.45) is 0 Å². The number of rotatable bonds is 10. The van der Waals surface area contributed by atoms with E-state index in [9.17, 15) is 13.2 Å². The van der Waals surface area contributed by atoms with E-state index < -0.39 is 22.5 Å². The first-order valence-electron chi connectivity index (χ1n) is 11.3. The van der Waals surface area contributed by atoms with E-state index in [0.717, 1.165) is 14.8 Å². The Bertz CT molecular complexity index is 1450. The van der Waals surface area contributed by atoms with Gasteiger partial charge in [0.05, 0.1) is 23.4 Å². The summed E-state index contributed by atoms with van der Waals surface area (Å²) in [6.45, 7) is -0.403. The van der Waals surface area contributed by atoms with Crippen molar-refractivity contribution in [3.05, 3.63) is 114 Å². The molecular formula is C28H25ClN2O4S2. The Morgan fingerprint density at radius 1 is 0.892 bits per heavy atom. The third-order valence-electron chi connectivity index (χ3n) is 5.45. The number of nitrogens with zero attached hydrogens (tertiary/aromatic N) is 1. The summed E-state index contributed by atoms with van der Waals surface area (Å²) >= 11 is 7.54. The van der Waals surface area contributed by atoms with Gasteiger partial charge in [-0.3, -0.25) is 9.10 Å². The Balaban J connectivity index is 1.55. The molecule has 0 saturated carbocycles. The summed E-state index contributed by atoms with van der Waals surface area (Å²) in [5.41, 5.74) is 2.05. The highest BCUT2D eigenvalue weighted by Crippen LogP contribution is 2.31. The molecule has 0 bridgehead atoms. The molecule has 190 valence electrons. The van der Waals surface area contributed by atoms with Crippen molar-refractivity contribution in [3.8, 4) is 5.75 Å². The summed E-state index contributed by atoms with van der Waals surface area (Å²) in [5, 5.41) is 3.56. The molecule has 0 aliphatic carbocycles. The maximum absolute atomic E-state index is 13.5. The van der Waals surface area contributed by atoms with Crippen LogP contribution in [0.5, 0.6) is 5.75 Å². The van der Waals surface area contributed by atoms with Crippen LogP contribution in [0.3, 0.4) is 0 Å². The Hall–Kier alpha value is -3.46. The van der Waals surface area contributed by atoms with E-state index in [1.165, 1.54) is 19.2 Å². The van der Waals surface area contributed by atoms with Crippen LogP contribution < -0.4 is 14.4 Å². The van der Waals surface area contributed by atoms with Crippen LogP contribution in [0.25, 0.3) is 0 Å². The smallest absolute Gasteiger partial charge is 0.264 e. The number of carbonyl (C=O) groups excluding carboxylic acids is 1. The molecule has 0 aliphatic heterocycles. The zero-order chi connectivity index (χ0) is 26.3. The van der Waals surface area contributed by atoms with Crippen LogP contribution in [0.15, 0.2) is 113 Å². The lowest BCUT2D eigenvalue weighted by molar-refractivity contribution is -0.114. The summed E-state index contributed by atoms with van der Waals surface area (Å²) in [6.07, 6.45) is 0. The number of methoxy groups -OCH3 is 1. The molecule has 6 nitrogen and oxygen atoms in total. The summed E-state index contributed by atoms with van der Waals surface area (Å²) in [4.78, 5) is 14.2. The highest BCUT2D eigenvalue weighted by molar-refractivity contribution is 7.98. The van der Waals surface area contributed by atoms with Crippen molar-refractivity contribution in [2.45, 2.75) is 15.5 Å². The van der Waals surface area contributed by atoms with E-state index in [2.05, 4.69) is 5.32 Å². The topological polar surface area (TPSA) is 75.7 Å². The molecule has 9 heteroatoms. The van der Waals surface area contributed by atoms with Crippen molar-refractivity contribution < 1.29 is 17.9 Å². The van der Waals surface area contributed by atoms with Crippen LogP contribution in [-0.4, -0.2) is 28.0 Å².